The third kappa shape index (κ3) is 4.49. The molecule has 0 aliphatic heterocycles. The van der Waals surface area contributed by atoms with Gasteiger partial charge < -0.3 is 5.32 Å². The lowest BCUT2D eigenvalue weighted by atomic mass is 10.0. The van der Waals surface area contributed by atoms with Gasteiger partial charge in [-0.05, 0) is 37.9 Å². The Bertz CT molecular complexity index is 460. The van der Waals surface area contributed by atoms with Crippen LogP contribution in [0.15, 0.2) is 18.2 Å². The number of hydrogen-bond donors (Lipinski definition) is 1. The molecule has 0 amide bonds. The topological polar surface area (TPSA) is 58.4 Å². The summed E-state index contributed by atoms with van der Waals surface area (Å²) in [5.41, 5.74) is 1.65. The second-order valence-electron chi connectivity index (χ2n) is 5.75. The summed E-state index contributed by atoms with van der Waals surface area (Å²) < 4.78 is 0. The van der Waals surface area contributed by atoms with E-state index in [-0.39, 0.29) is 10.6 Å². The first-order valence-corrected chi connectivity index (χ1v) is 7.00. The van der Waals surface area contributed by atoms with Gasteiger partial charge in [-0.15, -0.1) is 0 Å². The SMILES string of the molecule is CNc1ccc(CN(C)C(C)CC(C)C)cc1[N+](=O)[O-]. The quantitative estimate of drug-likeness (QED) is 0.613. The molecule has 0 saturated carbocycles. The van der Waals surface area contributed by atoms with E-state index in [4.69, 9.17) is 0 Å². The first-order valence-electron chi connectivity index (χ1n) is 7.00. The van der Waals surface area contributed by atoms with Crippen molar-refractivity contribution in [1.29, 1.82) is 0 Å². The highest BCUT2D eigenvalue weighted by atomic mass is 16.6. The monoisotopic (exact) mass is 279 g/mol. The van der Waals surface area contributed by atoms with Gasteiger partial charge in [0.15, 0.2) is 0 Å². The molecule has 1 N–H and O–H groups in total. The number of nitro groups is 1. The van der Waals surface area contributed by atoms with Crippen molar-refractivity contribution >= 4 is 11.4 Å². The molecule has 0 bridgehead atoms. The van der Waals surface area contributed by atoms with Crippen molar-refractivity contribution in [1.82, 2.24) is 4.90 Å². The van der Waals surface area contributed by atoms with Gasteiger partial charge in [0.2, 0.25) is 0 Å². The van der Waals surface area contributed by atoms with Crippen molar-refractivity contribution in [3.63, 3.8) is 0 Å². The van der Waals surface area contributed by atoms with Crippen LogP contribution >= 0.6 is 0 Å². The number of rotatable bonds is 7. The van der Waals surface area contributed by atoms with Gasteiger partial charge in [-0.25, -0.2) is 0 Å². The molecule has 0 saturated heterocycles. The molecule has 0 fully saturated rings. The first-order chi connectivity index (χ1) is 9.35. The van der Waals surface area contributed by atoms with Crippen LogP contribution in [0.3, 0.4) is 0 Å². The molecule has 20 heavy (non-hydrogen) atoms. The van der Waals surface area contributed by atoms with Crippen molar-refractivity contribution in [3.05, 3.63) is 33.9 Å². The highest BCUT2D eigenvalue weighted by Crippen LogP contribution is 2.26. The van der Waals surface area contributed by atoms with E-state index in [9.17, 15) is 10.1 Å². The molecule has 0 aliphatic carbocycles. The van der Waals surface area contributed by atoms with Crippen LogP contribution in [0, 0.1) is 16.0 Å². The molecule has 0 radical (unpaired) electrons. The van der Waals surface area contributed by atoms with E-state index in [0.717, 1.165) is 18.5 Å². The zero-order valence-corrected chi connectivity index (χ0v) is 13.0. The van der Waals surface area contributed by atoms with Crippen molar-refractivity contribution in [3.8, 4) is 0 Å². The van der Waals surface area contributed by atoms with E-state index in [0.29, 0.717) is 17.6 Å². The maximum absolute atomic E-state index is 11.0. The standard InChI is InChI=1S/C15H25N3O2/c1-11(2)8-12(3)17(5)10-13-6-7-14(16-4)15(9-13)18(19)20/h6-7,9,11-12,16H,8,10H2,1-5H3. The molecule has 112 valence electrons. The molecule has 5 nitrogen and oxygen atoms in total. The predicted octanol–water partition coefficient (Wildman–Crippen LogP) is 3.50. The molecule has 1 unspecified atom stereocenters. The first kappa shape index (κ1) is 16.4. The summed E-state index contributed by atoms with van der Waals surface area (Å²) in [7, 11) is 3.75. The summed E-state index contributed by atoms with van der Waals surface area (Å²) in [5, 5.41) is 13.9. The smallest absolute Gasteiger partial charge is 0.292 e. The summed E-state index contributed by atoms with van der Waals surface area (Å²) in [5.74, 6) is 0.647. The lowest BCUT2D eigenvalue weighted by Crippen LogP contribution is -2.29. The van der Waals surface area contributed by atoms with Crippen LogP contribution in [0.4, 0.5) is 11.4 Å². The van der Waals surface area contributed by atoms with Gasteiger partial charge in [0.25, 0.3) is 5.69 Å². The van der Waals surface area contributed by atoms with Gasteiger partial charge in [0.1, 0.15) is 5.69 Å². The third-order valence-electron chi connectivity index (χ3n) is 3.53. The average molecular weight is 279 g/mol. The molecule has 0 spiro atoms. The summed E-state index contributed by atoms with van der Waals surface area (Å²) >= 11 is 0. The van der Waals surface area contributed by atoms with Gasteiger partial charge in [-0.2, -0.15) is 0 Å². The molecular weight excluding hydrogens is 254 g/mol. The minimum Gasteiger partial charge on any atom is -0.383 e. The van der Waals surface area contributed by atoms with Crippen LogP contribution in [-0.2, 0) is 6.54 Å². The fourth-order valence-electron chi connectivity index (χ4n) is 2.34. The fraction of sp³-hybridized carbons (Fsp3) is 0.600. The number of hydrogen-bond acceptors (Lipinski definition) is 4. The van der Waals surface area contributed by atoms with Crippen LogP contribution in [0.2, 0.25) is 0 Å². The number of anilines is 1. The molecule has 5 heteroatoms. The number of benzene rings is 1. The van der Waals surface area contributed by atoms with Crippen molar-refractivity contribution < 1.29 is 4.92 Å². The summed E-state index contributed by atoms with van der Waals surface area (Å²) in [4.78, 5) is 12.9. The van der Waals surface area contributed by atoms with Crippen LogP contribution in [0.25, 0.3) is 0 Å². The van der Waals surface area contributed by atoms with Gasteiger partial charge in [-0.1, -0.05) is 19.9 Å². The van der Waals surface area contributed by atoms with E-state index in [1.54, 1.807) is 19.2 Å². The number of nitrogens with zero attached hydrogens (tertiary/aromatic N) is 2. The molecular formula is C15H25N3O2. The van der Waals surface area contributed by atoms with Crippen LogP contribution in [-0.4, -0.2) is 30.0 Å². The van der Waals surface area contributed by atoms with E-state index >= 15 is 0 Å². The minimum absolute atomic E-state index is 0.134. The van der Waals surface area contributed by atoms with Crippen molar-refractivity contribution in [2.24, 2.45) is 5.92 Å². The molecule has 1 aromatic carbocycles. The predicted molar refractivity (Wildman–Crippen MR) is 83.0 cm³/mol. The van der Waals surface area contributed by atoms with Crippen molar-refractivity contribution in [2.45, 2.75) is 39.8 Å². The molecule has 1 aromatic rings. The number of nitro benzene ring substituents is 1. The van der Waals surface area contributed by atoms with E-state index < -0.39 is 0 Å². The van der Waals surface area contributed by atoms with Crippen LogP contribution in [0.5, 0.6) is 0 Å². The normalized spacial score (nSPS) is 12.8. The second-order valence-corrected chi connectivity index (χ2v) is 5.75. The lowest BCUT2D eigenvalue weighted by molar-refractivity contribution is -0.384. The van der Waals surface area contributed by atoms with Crippen LogP contribution in [0.1, 0.15) is 32.8 Å². The highest BCUT2D eigenvalue weighted by molar-refractivity contribution is 5.62. The van der Waals surface area contributed by atoms with Crippen LogP contribution < -0.4 is 5.32 Å². The molecule has 1 atom stereocenters. The van der Waals surface area contributed by atoms with E-state index in [1.807, 2.05) is 6.07 Å². The summed E-state index contributed by atoms with van der Waals surface area (Å²) in [6, 6.07) is 5.83. The average Bonchev–Trinajstić information content (AvgIpc) is 2.37. The van der Waals surface area contributed by atoms with Gasteiger partial charge in [0, 0.05) is 25.7 Å². The maximum Gasteiger partial charge on any atom is 0.292 e. The van der Waals surface area contributed by atoms with E-state index in [1.165, 1.54) is 0 Å². The Kier molecular flexibility index (Phi) is 5.95. The zero-order valence-electron chi connectivity index (χ0n) is 13.0. The highest BCUT2D eigenvalue weighted by Gasteiger charge is 2.16. The van der Waals surface area contributed by atoms with Gasteiger partial charge in [-0.3, -0.25) is 15.0 Å². The Labute approximate surface area is 121 Å². The Hall–Kier alpha value is -1.62. The lowest BCUT2D eigenvalue weighted by Gasteiger charge is -2.26. The zero-order chi connectivity index (χ0) is 15.3. The number of nitrogens with one attached hydrogen (secondary N) is 1. The minimum atomic E-state index is -0.340. The van der Waals surface area contributed by atoms with Crippen molar-refractivity contribution in [2.75, 3.05) is 19.4 Å². The molecule has 0 heterocycles. The Morgan fingerprint density at radius 3 is 2.50 bits per heavy atom. The van der Waals surface area contributed by atoms with E-state index in [2.05, 4.69) is 38.0 Å². The second kappa shape index (κ2) is 7.24. The van der Waals surface area contributed by atoms with Gasteiger partial charge >= 0.3 is 0 Å². The molecule has 0 aliphatic rings. The van der Waals surface area contributed by atoms with Gasteiger partial charge in [0.05, 0.1) is 4.92 Å². The third-order valence-corrected chi connectivity index (χ3v) is 3.53. The maximum atomic E-state index is 11.0. The Morgan fingerprint density at radius 2 is 2.00 bits per heavy atom. The summed E-state index contributed by atoms with van der Waals surface area (Å²) in [6.45, 7) is 7.32. The molecule has 1 rings (SSSR count). The Balaban J connectivity index is 2.82. The molecule has 0 aromatic heterocycles. The fourth-order valence-corrected chi connectivity index (χ4v) is 2.34. The summed E-state index contributed by atoms with van der Waals surface area (Å²) in [6.07, 6.45) is 1.12. The largest absolute Gasteiger partial charge is 0.383 e. The Morgan fingerprint density at radius 1 is 1.35 bits per heavy atom.